The number of ether oxygens (including phenoxy) is 1. The van der Waals surface area contributed by atoms with Crippen molar-refractivity contribution in [3.63, 3.8) is 0 Å². The van der Waals surface area contributed by atoms with E-state index in [0.717, 1.165) is 6.92 Å². The lowest BCUT2D eigenvalue weighted by Crippen LogP contribution is -2.67. The summed E-state index contributed by atoms with van der Waals surface area (Å²) in [6.45, 7) is 1.11. The largest absolute Gasteiger partial charge is 0.479 e. The molecule has 1 amide bonds. The summed E-state index contributed by atoms with van der Waals surface area (Å²) in [5.74, 6) is -2.27. The van der Waals surface area contributed by atoms with Crippen molar-refractivity contribution in [3.05, 3.63) is 0 Å². The summed E-state index contributed by atoms with van der Waals surface area (Å²) in [5.41, 5.74) is 0. The number of nitrogens with one attached hydrogen (secondary N) is 1. The highest BCUT2D eigenvalue weighted by atomic mass is 127. The van der Waals surface area contributed by atoms with Gasteiger partial charge in [-0.15, -0.1) is 0 Å². The van der Waals surface area contributed by atoms with Crippen LogP contribution in [0.3, 0.4) is 0 Å². The van der Waals surface area contributed by atoms with Gasteiger partial charge in [0.05, 0.1) is 12.1 Å². The van der Waals surface area contributed by atoms with Gasteiger partial charge in [0.15, 0.2) is 12.3 Å². The van der Waals surface area contributed by atoms with Gasteiger partial charge in [-0.1, -0.05) is 22.6 Å². The van der Waals surface area contributed by atoms with E-state index in [4.69, 9.17) is 9.84 Å². The number of alkyl halides is 2. The van der Waals surface area contributed by atoms with Crippen LogP contribution in [0.15, 0.2) is 0 Å². The Kier molecular flexibility index (Phi) is 6.71. The van der Waals surface area contributed by atoms with E-state index in [0.29, 0.717) is 0 Å². The van der Waals surface area contributed by atoms with Crippen molar-refractivity contribution >= 4 is 34.5 Å². The number of halogens is 2. The molecule has 1 fully saturated rings. The molecule has 0 bridgehead atoms. The molecule has 8 nitrogen and oxygen atoms in total. The van der Waals surface area contributed by atoms with Crippen LogP contribution >= 0.6 is 22.6 Å². The fourth-order valence-electron chi connectivity index (χ4n) is 2.10. The Hall–Kier alpha value is -0.560. The molecule has 5 N–H and O–H groups in total. The van der Waals surface area contributed by atoms with E-state index >= 15 is 0 Å². The topological polar surface area (TPSA) is 136 Å². The lowest BCUT2D eigenvalue weighted by molar-refractivity contribution is -0.212. The molecular weight excluding hydrogens is 404 g/mol. The van der Waals surface area contributed by atoms with E-state index in [2.05, 4.69) is 5.32 Å². The summed E-state index contributed by atoms with van der Waals surface area (Å²) in [4.78, 5) is 22.1. The van der Waals surface area contributed by atoms with Gasteiger partial charge in [0.25, 0.3) is 0 Å². The first-order valence-corrected chi connectivity index (χ1v) is 7.62. The second-order valence-electron chi connectivity index (χ2n) is 4.73. The van der Waals surface area contributed by atoms with E-state index in [1.165, 1.54) is 0 Å². The molecule has 1 unspecified atom stereocenters. The molecule has 0 aromatic rings. The average molecular weight is 421 g/mol. The van der Waals surface area contributed by atoms with Crippen molar-refractivity contribution in [1.82, 2.24) is 5.32 Å². The highest BCUT2D eigenvalue weighted by molar-refractivity contribution is 14.1. The lowest BCUT2D eigenvalue weighted by atomic mass is 9.89. The van der Waals surface area contributed by atoms with Gasteiger partial charge < -0.3 is 30.5 Å². The standard InChI is InChI=1S/C11H17FINO7/c1-3(15)14-6-8(18)5(12)9(11(19)20)21-10(6)7(17)4(16)2-13/h4-10,16-18H,2H2,1H3,(H,14,15)(H,19,20)/t4-,5-,6-,7-,8+,9?,10-/m1/s1. The molecule has 122 valence electrons. The van der Waals surface area contributed by atoms with Gasteiger partial charge >= 0.3 is 5.97 Å². The minimum atomic E-state index is -2.28. The average Bonchev–Trinajstić information content (AvgIpc) is 2.41. The molecule has 10 heteroatoms. The Morgan fingerprint density at radius 3 is 2.43 bits per heavy atom. The van der Waals surface area contributed by atoms with E-state index < -0.39 is 54.6 Å². The molecule has 1 saturated heterocycles. The first-order chi connectivity index (χ1) is 9.70. The molecule has 1 aliphatic rings. The molecule has 0 aromatic heterocycles. The van der Waals surface area contributed by atoms with Crippen LogP contribution in [0.5, 0.6) is 0 Å². The summed E-state index contributed by atoms with van der Waals surface area (Å²) in [6.07, 6.45) is -10.5. The van der Waals surface area contributed by atoms with Crippen LogP contribution in [0.2, 0.25) is 0 Å². The van der Waals surface area contributed by atoms with E-state index in [1.807, 2.05) is 0 Å². The zero-order valence-corrected chi connectivity index (χ0v) is 13.2. The predicted octanol–water partition coefficient (Wildman–Crippen LogP) is -1.80. The van der Waals surface area contributed by atoms with Crippen molar-refractivity contribution in [3.8, 4) is 0 Å². The van der Waals surface area contributed by atoms with Gasteiger partial charge in [0.2, 0.25) is 5.91 Å². The number of hydrogen-bond donors (Lipinski definition) is 5. The quantitative estimate of drug-likeness (QED) is 0.261. The second-order valence-corrected chi connectivity index (χ2v) is 5.61. The molecule has 0 aliphatic carbocycles. The van der Waals surface area contributed by atoms with Crippen molar-refractivity contribution in [2.24, 2.45) is 0 Å². The molecular formula is C11H17FINO7. The third-order valence-corrected chi connectivity index (χ3v) is 4.05. The maximum atomic E-state index is 13.9. The Bertz CT molecular complexity index is 399. The van der Waals surface area contributed by atoms with Gasteiger partial charge in [-0.25, -0.2) is 9.18 Å². The number of carbonyl (C=O) groups is 2. The number of carboxylic acids is 1. The van der Waals surface area contributed by atoms with Crippen LogP contribution in [0, 0.1) is 0 Å². The lowest BCUT2D eigenvalue weighted by Gasteiger charge is -2.43. The minimum Gasteiger partial charge on any atom is -0.479 e. The minimum absolute atomic E-state index is 0.0957. The first-order valence-electron chi connectivity index (χ1n) is 6.10. The normalized spacial score (nSPS) is 35.8. The summed E-state index contributed by atoms with van der Waals surface area (Å²) in [6, 6.07) is -1.37. The molecule has 0 saturated carbocycles. The predicted molar refractivity (Wildman–Crippen MR) is 75.7 cm³/mol. The first kappa shape index (κ1) is 18.5. The summed E-state index contributed by atoms with van der Waals surface area (Å²) in [5, 5.41) is 40.5. The van der Waals surface area contributed by atoms with Crippen molar-refractivity contribution in [2.45, 2.75) is 49.7 Å². The SMILES string of the molecule is CC(=O)N[C@@H]1[C@@H](O)[C@@H](F)C(C(=O)O)O[C@H]1[C@H](O)[C@H](O)CI. The zero-order chi connectivity index (χ0) is 16.3. The van der Waals surface area contributed by atoms with E-state index in [1.54, 1.807) is 22.6 Å². The smallest absolute Gasteiger partial charge is 0.336 e. The molecule has 0 radical (unpaired) electrons. The fraction of sp³-hybridized carbons (Fsp3) is 0.818. The van der Waals surface area contributed by atoms with Gasteiger partial charge in [0, 0.05) is 11.4 Å². The molecule has 21 heavy (non-hydrogen) atoms. The van der Waals surface area contributed by atoms with Crippen LogP contribution in [0.4, 0.5) is 4.39 Å². The number of rotatable bonds is 5. The van der Waals surface area contributed by atoms with Gasteiger partial charge in [-0.3, -0.25) is 4.79 Å². The van der Waals surface area contributed by atoms with Crippen molar-refractivity contribution in [1.29, 1.82) is 0 Å². The van der Waals surface area contributed by atoms with Crippen LogP contribution < -0.4 is 5.32 Å². The summed E-state index contributed by atoms with van der Waals surface area (Å²) < 4.78 is 18.9. The highest BCUT2D eigenvalue weighted by Crippen LogP contribution is 2.27. The monoisotopic (exact) mass is 421 g/mol. The number of aliphatic hydroxyl groups excluding tert-OH is 3. The number of hydrogen-bond acceptors (Lipinski definition) is 6. The third-order valence-electron chi connectivity index (χ3n) is 3.14. The highest BCUT2D eigenvalue weighted by Gasteiger charge is 2.51. The second kappa shape index (κ2) is 7.63. The molecule has 7 atom stereocenters. The van der Waals surface area contributed by atoms with Gasteiger partial charge in [0.1, 0.15) is 18.3 Å². The van der Waals surface area contributed by atoms with Crippen LogP contribution in [-0.2, 0) is 14.3 Å². The number of carboxylic acid groups (broad SMARTS) is 1. The van der Waals surface area contributed by atoms with Crippen LogP contribution in [-0.4, -0.2) is 79.5 Å². The molecule has 0 aromatic carbocycles. The van der Waals surface area contributed by atoms with Crippen LogP contribution in [0.25, 0.3) is 0 Å². The Morgan fingerprint density at radius 1 is 1.43 bits per heavy atom. The summed E-state index contributed by atoms with van der Waals surface area (Å²) in [7, 11) is 0. The molecule has 1 heterocycles. The van der Waals surface area contributed by atoms with E-state index in [-0.39, 0.29) is 4.43 Å². The number of carbonyl (C=O) groups excluding carboxylic acids is 1. The van der Waals surface area contributed by atoms with Crippen LogP contribution in [0.1, 0.15) is 6.92 Å². The fourth-order valence-corrected chi connectivity index (χ4v) is 2.62. The number of aliphatic hydroxyl groups is 3. The number of aliphatic carboxylic acids is 1. The van der Waals surface area contributed by atoms with E-state index in [9.17, 15) is 29.3 Å². The van der Waals surface area contributed by atoms with Gasteiger partial charge in [-0.2, -0.15) is 0 Å². The zero-order valence-electron chi connectivity index (χ0n) is 11.0. The third kappa shape index (κ3) is 4.22. The molecule has 1 aliphatic heterocycles. The molecule has 0 spiro atoms. The summed E-state index contributed by atoms with van der Waals surface area (Å²) >= 11 is 1.78. The maximum Gasteiger partial charge on any atom is 0.336 e. The van der Waals surface area contributed by atoms with Gasteiger partial charge in [-0.05, 0) is 0 Å². The van der Waals surface area contributed by atoms with Crippen molar-refractivity contribution < 1.29 is 39.1 Å². The van der Waals surface area contributed by atoms with Crippen molar-refractivity contribution in [2.75, 3.05) is 4.43 Å². The Balaban J connectivity index is 3.06. The molecule has 1 rings (SSSR count). The Labute approximate surface area is 133 Å². The maximum absolute atomic E-state index is 13.9. The Morgan fingerprint density at radius 2 is 2.00 bits per heavy atom. The number of amides is 1.